The molecule has 1 rings (SSSR count). The van der Waals surface area contributed by atoms with Crippen LogP contribution in [-0.2, 0) is 26.9 Å². The van der Waals surface area contributed by atoms with Crippen LogP contribution in [0.4, 0.5) is 5.69 Å². The Morgan fingerprint density at radius 1 is 0.889 bits per heavy atom. The van der Waals surface area contributed by atoms with Crippen LogP contribution >= 0.6 is 0 Å². The van der Waals surface area contributed by atoms with E-state index in [-0.39, 0.29) is 10.1 Å². The number of nitrogens with zero attached hydrogens (tertiary/aromatic N) is 1. The van der Waals surface area contributed by atoms with Crippen LogP contribution in [0.1, 0.15) is 52.7 Å². The Bertz CT molecular complexity index is 694. The molecule has 27 heavy (non-hydrogen) atoms. The lowest BCUT2D eigenvalue weighted by Crippen LogP contribution is -2.40. The lowest BCUT2D eigenvalue weighted by Gasteiger charge is -2.36. The summed E-state index contributed by atoms with van der Waals surface area (Å²) >= 11 is 0. The molecule has 0 atom stereocenters. The lowest BCUT2D eigenvalue weighted by molar-refractivity contribution is 0.271. The first-order valence-electron chi connectivity index (χ1n) is 9.58. The summed E-state index contributed by atoms with van der Waals surface area (Å²) in [5.41, 5.74) is 2.62. The summed E-state index contributed by atoms with van der Waals surface area (Å²) in [4.78, 5) is 14.7. The Morgan fingerprint density at radius 3 is 1.81 bits per heavy atom. The molecule has 0 heterocycles. The van der Waals surface area contributed by atoms with Crippen molar-refractivity contribution < 1.29 is 13.6 Å². The third-order valence-electron chi connectivity index (χ3n) is 6.11. The summed E-state index contributed by atoms with van der Waals surface area (Å²) in [6, 6.07) is 5.88. The van der Waals surface area contributed by atoms with Crippen LogP contribution in [0.15, 0.2) is 23.2 Å². The first kappa shape index (κ1) is 24.0. The van der Waals surface area contributed by atoms with Crippen LogP contribution in [0.25, 0.3) is 0 Å². The largest absolute Gasteiger partial charge is 0.413 e. The molecule has 0 amide bonds. The number of benzene rings is 1. The molecule has 152 valence electrons. The van der Waals surface area contributed by atoms with E-state index in [1.54, 1.807) is 6.08 Å². The van der Waals surface area contributed by atoms with Crippen LogP contribution in [0.2, 0.25) is 36.3 Å². The molecule has 4 nitrogen and oxygen atoms in total. The van der Waals surface area contributed by atoms with Crippen LogP contribution < -0.4 is 0 Å². The minimum atomic E-state index is -1.89. The van der Waals surface area contributed by atoms with Gasteiger partial charge in [-0.2, -0.15) is 4.99 Å². The Kier molecular flexibility index (Phi) is 7.59. The first-order valence-corrected chi connectivity index (χ1v) is 15.4. The molecule has 0 aliphatic heterocycles. The van der Waals surface area contributed by atoms with Gasteiger partial charge in [0.1, 0.15) is 0 Å². The monoisotopic (exact) mass is 407 g/mol. The van der Waals surface area contributed by atoms with E-state index in [2.05, 4.69) is 78.8 Å². The highest BCUT2D eigenvalue weighted by Gasteiger charge is 2.38. The second-order valence-electron chi connectivity index (χ2n) is 10.3. The number of aliphatic imine (C=N–C) groups is 1. The summed E-state index contributed by atoms with van der Waals surface area (Å²) in [6.07, 6.45) is 1.65. The van der Waals surface area contributed by atoms with Gasteiger partial charge in [0.25, 0.3) is 0 Å². The summed E-state index contributed by atoms with van der Waals surface area (Å²) < 4.78 is 12.7. The van der Waals surface area contributed by atoms with E-state index < -0.39 is 16.6 Å². The molecule has 0 bridgehead atoms. The highest BCUT2D eigenvalue weighted by atomic mass is 28.4. The second kappa shape index (κ2) is 8.54. The summed E-state index contributed by atoms with van der Waals surface area (Å²) in [7, 11) is -3.71. The SMILES string of the molecule is CC(C)(C)[Si](C)(C)OCc1ccc(N=C=O)c(CO[Si](C)(C)C(C)(C)C)c1. The maximum absolute atomic E-state index is 10.8. The van der Waals surface area contributed by atoms with Crippen LogP contribution in [0.3, 0.4) is 0 Å². The fourth-order valence-corrected chi connectivity index (χ4v) is 3.87. The van der Waals surface area contributed by atoms with Crippen molar-refractivity contribution in [3.05, 3.63) is 29.3 Å². The van der Waals surface area contributed by atoms with Crippen molar-refractivity contribution in [3.63, 3.8) is 0 Å². The van der Waals surface area contributed by atoms with E-state index in [9.17, 15) is 4.79 Å². The summed E-state index contributed by atoms with van der Waals surface area (Å²) in [5.74, 6) is 0. The van der Waals surface area contributed by atoms with Gasteiger partial charge in [0.05, 0.1) is 18.9 Å². The van der Waals surface area contributed by atoms with Crippen molar-refractivity contribution in [2.45, 2.75) is 91.0 Å². The zero-order chi connectivity index (χ0) is 21.1. The third kappa shape index (κ3) is 6.51. The topological polar surface area (TPSA) is 47.9 Å². The number of rotatable bonds is 7. The molecule has 0 fully saturated rings. The first-order chi connectivity index (χ1) is 12.1. The fourth-order valence-electron chi connectivity index (χ4n) is 1.96. The van der Waals surface area contributed by atoms with E-state index in [1.807, 2.05) is 12.1 Å². The third-order valence-corrected chi connectivity index (χ3v) is 15.1. The zero-order valence-corrected chi connectivity index (χ0v) is 20.8. The van der Waals surface area contributed by atoms with E-state index >= 15 is 0 Å². The molecule has 0 N–H and O–H groups in total. The van der Waals surface area contributed by atoms with Crippen LogP contribution in [0.5, 0.6) is 0 Å². The summed E-state index contributed by atoms with van der Waals surface area (Å²) in [6.45, 7) is 23.3. The van der Waals surface area contributed by atoms with Gasteiger partial charge in [-0.15, -0.1) is 0 Å². The highest BCUT2D eigenvalue weighted by Crippen LogP contribution is 2.38. The van der Waals surface area contributed by atoms with E-state index in [1.165, 1.54) is 0 Å². The highest BCUT2D eigenvalue weighted by molar-refractivity contribution is 6.74. The van der Waals surface area contributed by atoms with Crippen LogP contribution in [-0.4, -0.2) is 22.7 Å². The minimum Gasteiger partial charge on any atom is -0.413 e. The van der Waals surface area contributed by atoms with Crippen molar-refractivity contribution >= 4 is 28.4 Å². The standard InChI is InChI=1S/C21H37NO3Si2/c1-20(2,3)26(7,8)24-14-17-11-12-19(22-16-23)18(13-17)15-25-27(9,10)21(4,5)6/h11-13H,14-15H2,1-10H3. The molecule has 1 aromatic carbocycles. The number of hydrogen-bond donors (Lipinski definition) is 0. The van der Waals surface area contributed by atoms with Crippen molar-refractivity contribution in [1.29, 1.82) is 0 Å². The number of hydrogen-bond acceptors (Lipinski definition) is 4. The molecule has 0 spiro atoms. The van der Waals surface area contributed by atoms with Crippen molar-refractivity contribution in [2.24, 2.45) is 4.99 Å². The fraction of sp³-hybridized carbons (Fsp3) is 0.667. The normalized spacial score (nSPS) is 13.4. The predicted octanol–water partition coefficient (Wildman–Crippen LogP) is 6.70. The van der Waals surface area contributed by atoms with Gasteiger partial charge < -0.3 is 8.85 Å². The van der Waals surface area contributed by atoms with Crippen LogP contribution in [0, 0.1) is 0 Å². The van der Waals surface area contributed by atoms with Crippen molar-refractivity contribution in [1.82, 2.24) is 0 Å². The van der Waals surface area contributed by atoms with Gasteiger partial charge in [0, 0.05) is 5.56 Å². The quantitative estimate of drug-likeness (QED) is 0.287. The Balaban J connectivity index is 3.03. The molecule has 0 aliphatic carbocycles. The Hall–Kier alpha value is -1.05. The van der Waals surface area contributed by atoms with Gasteiger partial charge in [-0.1, -0.05) is 47.6 Å². The summed E-state index contributed by atoms with van der Waals surface area (Å²) in [5, 5.41) is 0.299. The predicted molar refractivity (Wildman–Crippen MR) is 118 cm³/mol. The van der Waals surface area contributed by atoms with Gasteiger partial charge in [-0.3, -0.25) is 0 Å². The van der Waals surface area contributed by atoms with E-state index in [0.717, 1.165) is 11.1 Å². The molecular weight excluding hydrogens is 370 g/mol. The minimum absolute atomic E-state index is 0.129. The Morgan fingerprint density at radius 2 is 1.37 bits per heavy atom. The molecule has 0 saturated carbocycles. The number of isocyanates is 1. The van der Waals surface area contributed by atoms with E-state index in [0.29, 0.717) is 18.9 Å². The lowest BCUT2D eigenvalue weighted by atomic mass is 10.1. The average molecular weight is 408 g/mol. The smallest absolute Gasteiger partial charge is 0.240 e. The maximum atomic E-state index is 10.8. The molecular formula is C21H37NO3Si2. The molecule has 0 radical (unpaired) electrons. The van der Waals surface area contributed by atoms with Gasteiger partial charge in [0.15, 0.2) is 16.6 Å². The maximum Gasteiger partial charge on any atom is 0.240 e. The molecule has 1 aromatic rings. The zero-order valence-electron chi connectivity index (χ0n) is 18.8. The molecule has 6 heteroatoms. The van der Waals surface area contributed by atoms with Crippen molar-refractivity contribution in [2.75, 3.05) is 0 Å². The average Bonchev–Trinajstić information content (AvgIpc) is 2.50. The Labute approximate surface area is 167 Å². The molecule has 0 unspecified atom stereocenters. The number of carbonyl (C=O) groups excluding carboxylic acids is 1. The molecule has 0 aliphatic rings. The van der Waals surface area contributed by atoms with Crippen molar-refractivity contribution in [3.8, 4) is 0 Å². The van der Waals surface area contributed by atoms with Gasteiger partial charge in [0.2, 0.25) is 6.08 Å². The van der Waals surface area contributed by atoms with Gasteiger partial charge in [-0.25, -0.2) is 4.79 Å². The van der Waals surface area contributed by atoms with E-state index in [4.69, 9.17) is 8.85 Å². The van der Waals surface area contributed by atoms with Gasteiger partial charge in [-0.05, 0) is 54.0 Å². The van der Waals surface area contributed by atoms with Gasteiger partial charge >= 0.3 is 0 Å². The molecule has 0 aromatic heterocycles. The second-order valence-corrected chi connectivity index (χ2v) is 19.9. The molecule has 0 saturated heterocycles.